The summed E-state index contributed by atoms with van der Waals surface area (Å²) in [4.78, 5) is 2.58. The molecule has 0 saturated carbocycles. The van der Waals surface area contributed by atoms with Crippen molar-refractivity contribution in [2.24, 2.45) is 0 Å². The van der Waals surface area contributed by atoms with Gasteiger partial charge >= 0.3 is 0 Å². The highest BCUT2D eigenvalue weighted by Crippen LogP contribution is 2.07. The molecule has 1 saturated heterocycles. The number of sulfonamides is 1. The van der Waals surface area contributed by atoms with Gasteiger partial charge in [-0.3, -0.25) is 0 Å². The zero-order chi connectivity index (χ0) is 11.1. The topological polar surface area (TPSA) is 69.6 Å². The summed E-state index contributed by atoms with van der Waals surface area (Å²) in [6.07, 6.45) is 4.35. The minimum atomic E-state index is -3.19. The maximum absolute atomic E-state index is 11.5. The van der Waals surface area contributed by atoms with Crippen LogP contribution in [0.4, 0.5) is 0 Å². The number of nitrogens with zero attached hydrogens (tertiary/aromatic N) is 1. The van der Waals surface area contributed by atoms with Crippen LogP contribution in [0.25, 0.3) is 0 Å². The Labute approximate surface area is 91.5 Å². The summed E-state index contributed by atoms with van der Waals surface area (Å²) in [6, 6.07) is 0. The summed E-state index contributed by atoms with van der Waals surface area (Å²) in [6.45, 7) is 1.66. The second-order valence-corrected chi connectivity index (χ2v) is 5.71. The molecule has 0 amide bonds. The predicted molar refractivity (Wildman–Crippen MR) is 58.7 cm³/mol. The van der Waals surface area contributed by atoms with Crippen LogP contribution in [-0.2, 0) is 10.0 Å². The van der Waals surface area contributed by atoms with E-state index in [1.807, 2.05) is 0 Å². The number of hydrogen-bond donors (Lipinski definition) is 2. The highest BCUT2D eigenvalue weighted by atomic mass is 32.2. The molecular formula is C9H20N2O3S. The average molecular weight is 236 g/mol. The summed E-state index contributed by atoms with van der Waals surface area (Å²) in [5.74, 6) is 0.101. The van der Waals surface area contributed by atoms with Crippen molar-refractivity contribution in [2.75, 3.05) is 25.4 Å². The Morgan fingerprint density at radius 3 is 2.40 bits per heavy atom. The standard InChI is InChI=1S/C9H20N2O3S/c12-8-4-5-9-15(13,14)10-11-6-2-1-3-7-11/h10,12H,1-9H2. The fraction of sp³-hybridized carbons (Fsp3) is 1.00. The Hall–Kier alpha value is -0.170. The van der Waals surface area contributed by atoms with Gasteiger partial charge in [-0.1, -0.05) is 6.42 Å². The minimum absolute atomic E-state index is 0.0548. The molecule has 0 aromatic rings. The number of rotatable bonds is 6. The van der Waals surface area contributed by atoms with E-state index in [1.54, 1.807) is 5.01 Å². The lowest BCUT2D eigenvalue weighted by molar-refractivity contribution is 0.199. The van der Waals surface area contributed by atoms with Gasteiger partial charge in [0.25, 0.3) is 0 Å². The third kappa shape index (κ3) is 5.46. The van der Waals surface area contributed by atoms with E-state index < -0.39 is 10.0 Å². The molecule has 0 unspecified atom stereocenters. The fourth-order valence-corrected chi connectivity index (χ4v) is 2.88. The lowest BCUT2D eigenvalue weighted by atomic mass is 10.2. The van der Waals surface area contributed by atoms with Crippen LogP contribution in [0.2, 0.25) is 0 Å². The zero-order valence-corrected chi connectivity index (χ0v) is 9.80. The summed E-state index contributed by atoms with van der Waals surface area (Å²) in [5, 5.41) is 10.3. The number of unbranched alkanes of at least 4 members (excludes halogenated alkanes) is 1. The lowest BCUT2D eigenvalue weighted by Crippen LogP contribution is -2.45. The molecule has 0 aromatic heterocycles. The summed E-state index contributed by atoms with van der Waals surface area (Å²) in [7, 11) is -3.19. The van der Waals surface area contributed by atoms with Gasteiger partial charge in [0.2, 0.25) is 10.0 Å². The highest BCUT2D eigenvalue weighted by molar-refractivity contribution is 7.89. The van der Waals surface area contributed by atoms with E-state index in [2.05, 4.69) is 4.83 Å². The average Bonchev–Trinajstić information content (AvgIpc) is 2.18. The molecule has 1 aliphatic rings. The Morgan fingerprint density at radius 2 is 1.80 bits per heavy atom. The minimum Gasteiger partial charge on any atom is -0.396 e. The van der Waals surface area contributed by atoms with Crippen LogP contribution in [0.1, 0.15) is 32.1 Å². The van der Waals surface area contributed by atoms with Gasteiger partial charge in [0.05, 0.1) is 5.75 Å². The van der Waals surface area contributed by atoms with E-state index in [9.17, 15) is 8.42 Å². The van der Waals surface area contributed by atoms with E-state index in [4.69, 9.17) is 5.11 Å². The SMILES string of the molecule is O=S(=O)(CCCCO)NN1CCCCC1. The largest absolute Gasteiger partial charge is 0.396 e. The number of piperidine rings is 1. The van der Waals surface area contributed by atoms with Crippen molar-refractivity contribution < 1.29 is 13.5 Å². The first-order chi connectivity index (χ1) is 7.14. The molecule has 1 rings (SSSR count). The van der Waals surface area contributed by atoms with Crippen LogP contribution in [0.5, 0.6) is 0 Å². The van der Waals surface area contributed by atoms with Crippen LogP contribution in [0.3, 0.4) is 0 Å². The molecule has 15 heavy (non-hydrogen) atoms. The van der Waals surface area contributed by atoms with Crippen molar-refractivity contribution in [3.05, 3.63) is 0 Å². The van der Waals surface area contributed by atoms with Gasteiger partial charge in [0, 0.05) is 19.7 Å². The lowest BCUT2D eigenvalue weighted by Gasteiger charge is -2.26. The first-order valence-electron chi connectivity index (χ1n) is 5.50. The van der Waals surface area contributed by atoms with Crippen LogP contribution in [0.15, 0.2) is 0 Å². The Kier molecular flexibility index (Phi) is 5.52. The Balaban J connectivity index is 2.27. The fourth-order valence-electron chi connectivity index (χ4n) is 1.63. The van der Waals surface area contributed by atoms with Crippen LogP contribution in [0, 0.1) is 0 Å². The normalized spacial score (nSPS) is 19.3. The van der Waals surface area contributed by atoms with Gasteiger partial charge in [-0.15, -0.1) is 4.83 Å². The van der Waals surface area contributed by atoms with Crippen LogP contribution < -0.4 is 4.83 Å². The molecule has 0 bridgehead atoms. The predicted octanol–water partition coefficient (Wildman–Crippen LogP) is 0.0792. The van der Waals surface area contributed by atoms with Crippen LogP contribution in [-0.4, -0.2) is 44.0 Å². The van der Waals surface area contributed by atoms with Crippen molar-refractivity contribution >= 4 is 10.0 Å². The summed E-state index contributed by atoms with van der Waals surface area (Å²) >= 11 is 0. The molecule has 0 spiro atoms. The smallest absolute Gasteiger partial charge is 0.224 e. The molecule has 1 heterocycles. The van der Waals surface area contributed by atoms with Crippen molar-refractivity contribution in [1.29, 1.82) is 0 Å². The Bertz CT molecular complexity index is 261. The van der Waals surface area contributed by atoms with E-state index in [0.717, 1.165) is 25.9 Å². The van der Waals surface area contributed by atoms with E-state index in [0.29, 0.717) is 12.8 Å². The number of aliphatic hydroxyl groups excluding tert-OH is 1. The van der Waals surface area contributed by atoms with Crippen molar-refractivity contribution in [1.82, 2.24) is 9.84 Å². The summed E-state index contributed by atoms with van der Waals surface area (Å²) < 4.78 is 23.1. The van der Waals surface area contributed by atoms with E-state index in [-0.39, 0.29) is 12.4 Å². The number of hydrogen-bond acceptors (Lipinski definition) is 4. The number of hydrazine groups is 1. The second-order valence-electron chi connectivity index (χ2n) is 3.89. The maximum atomic E-state index is 11.5. The maximum Gasteiger partial charge on any atom is 0.224 e. The van der Waals surface area contributed by atoms with Crippen molar-refractivity contribution in [2.45, 2.75) is 32.1 Å². The Morgan fingerprint density at radius 1 is 1.13 bits per heavy atom. The first kappa shape index (κ1) is 12.9. The molecule has 1 fully saturated rings. The van der Waals surface area contributed by atoms with Gasteiger partial charge in [-0.2, -0.15) is 0 Å². The van der Waals surface area contributed by atoms with Gasteiger partial charge in [0.15, 0.2) is 0 Å². The van der Waals surface area contributed by atoms with Gasteiger partial charge < -0.3 is 5.11 Å². The van der Waals surface area contributed by atoms with E-state index in [1.165, 1.54) is 6.42 Å². The van der Waals surface area contributed by atoms with Crippen molar-refractivity contribution in [3.63, 3.8) is 0 Å². The number of nitrogens with one attached hydrogen (secondary N) is 1. The monoisotopic (exact) mass is 236 g/mol. The molecular weight excluding hydrogens is 216 g/mol. The molecule has 2 N–H and O–H groups in total. The molecule has 0 radical (unpaired) electrons. The van der Waals surface area contributed by atoms with Gasteiger partial charge in [-0.25, -0.2) is 13.4 Å². The van der Waals surface area contributed by atoms with Gasteiger partial charge in [0.1, 0.15) is 0 Å². The van der Waals surface area contributed by atoms with Crippen LogP contribution >= 0.6 is 0 Å². The molecule has 1 aliphatic heterocycles. The molecule has 90 valence electrons. The highest BCUT2D eigenvalue weighted by Gasteiger charge is 2.16. The third-order valence-electron chi connectivity index (χ3n) is 2.45. The first-order valence-corrected chi connectivity index (χ1v) is 7.15. The quantitative estimate of drug-likeness (QED) is 0.641. The molecule has 0 aromatic carbocycles. The molecule has 6 heteroatoms. The van der Waals surface area contributed by atoms with E-state index >= 15 is 0 Å². The molecule has 5 nitrogen and oxygen atoms in total. The van der Waals surface area contributed by atoms with Gasteiger partial charge in [-0.05, 0) is 25.7 Å². The second kappa shape index (κ2) is 6.42. The third-order valence-corrected chi connectivity index (χ3v) is 3.81. The molecule has 0 aliphatic carbocycles. The zero-order valence-electron chi connectivity index (χ0n) is 8.98. The van der Waals surface area contributed by atoms with Crippen molar-refractivity contribution in [3.8, 4) is 0 Å². The summed E-state index contributed by atoms with van der Waals surface area (Å²) in [5.41, 5.74) is 0. The number of aliphatic hydroxyl groups is 1. The molecule has 0 atom stereocenters.